The number of benzene rings is 2. The summed E-state index contributed by atoms with van der Waals surface area (Å²) in [4.78, 5) is 19.4. The molecule has 0 unspecified atom stereocenters. The van der Waals surface area contributed by atoms with Crippen LogP contribution >= 0.6 is 0 Å². The van der Waals surface area contributed by atoms with Gasteiger partial charge in [-0.3, -0.25) is 4.90 Å². The van der Waals surface area contributed by atoms with Gasteiger partial charge in [-0.15, -0.1) is 0 Å². The smallest absolute Gasteiger partial charge is 0.321 e. The highest BCUT2D eigenvalue weighted by molar-refractivity contribution is 5.89. The summed E-state index contributed by atoms with van der Waals surface area (Å²) < 4.78 is 18.6. The number of para-hydroxylation sites is 2. The number of hydrogen-bond donors (Lipinski definition) is 1. The molecule has 30 heavy (non-hydrogen) atoms. The average Bonchev–Trinajstić information content (AvgIpc) is 2.80. The predicted octanol–water partition coefficient (Wildman–Crippen LogP) is 3.65. The van der Waals surface area contributed by atoms with E-state index < -0.39 is 0 Å². The molecule has 2 aliphatic rings. The molecule has 1 atom stereocenters. The number of carbonyl (C=O) groups is 1. The fraction of sp³-hybridized carbons (Fsp3) is 0.435. The maximum Gasteiger partial charge on any atom is 0.321 e. The molecule has 2 fully saturated rings. The van der Waals surface area contributed by atoms with Gasteiger partial charge >= 0.3 is 6.03 Å². The van der Waals surface area contributed by atoms with Gasteiger partial charge < -0.3 is 19.9 Å². The van der Waals surface area contributed by atoms with Crippen molar-refractivity contribution in [2.75, 3.05) is 56.6 Å². The first-order chi connectivity index (χ1) is 14.6. The number of amides is 2. The quantitative estimate of drug-likeness (QED) is 0.833. The number of nitrogens with zero attached hydrogens (tertiary/aromatic N) is 3. The lowest BCUT2D eigenvalue weighted by Gasteiger charge is -2.44. The van der Waals surface area contributed by atoms with Crippen LogP contribution in [0.3, 0.4) is 0 Å². The maximum atomic E-state index is 13.1. The minimum absolute atomic E-state index is 0.112. The number of piperidine rings is 1. The highest BCUT2D eigenvalue weighted by atomic mass is 19.1. The Morgan fingerprint density at radius 3 is 2.50 bits per heavy atom. The van der Waals surface area contributed by atoms with Crippen LogP contribution in [0.2, 0.25) is 0 Å². The summed E-state index contributed by atoms with van der Waals surface area (Å²) in [7, 11) is 1.71. The normalized spacial score (nSPS) is 20.1. The molecule has 1 N–H and O–H groups in total. The van der Waals surface area contributed by atoms with Gasteiger partial charge in [-0.05, 0) is 49.2 Å². The average molecular weight is 413 g/mol. The Bertz CT molecular complexity index is 853. The van der Waals surface area contributed by atoms with E-state index in [4.69, 9.17) is 4.74 Å². The van der Waals surface area contributed by atoms with Crippen LogP contribution < -0.4 is 15.0 Å². The lowest BCUT2D eigenvalue weighted by Crippen LogP contribution is -2.56. The summed E-state index contributed by atoms with van der Waals surface area (Å²) in [6, 6.07) is 14.3. The Kier molecular flexibility index (Phi) is 6.38. The fourth-order valence-electron chi connectivity index (χ4n) is 4.39. The number of rotatable bonds is 4. The fourth-order valence-corrected chi connectivity index (χ4v) is 4.39. The topological polar surface area (TPSA) is 48.1 Å². The first-order valence-electron chi connectivity index (χ1n) is 10.6. The summed E-state index contributed by atoms with van der Waals surface area (Å²) in [5.74, 6) is 0.602. The van der Waals surface area contributed by atoms with Crippen molar-refractivity contribution in [1.82, 2.24) is 9.80 Å². The van der Waals surface area contributed by atoms with Gasteiger partial charge in [0.15, 0.2) is 0 Å². The van der Waals surface area contributed by atoms with Crippen LogP contribution in [0.4, 0.5) is 20.6 Å². The molecule has 160 valence electrons. The molecule has 4 rings (SSSR count). The van der Waals surface area contributed by atoms with Gasteiger partial charge in [-0.25, -0.2) is 9.18 Å². The first-order valence-corrected chi connectivity index (χ1v) is 10.6. The van der Waals surface area contributed by atoms with E-state index in [0.717, 1.165) is 63.5 Å². The van der Waals surface area contributed by atoms with Crippen LogP contribution in [-0.2, 0) is 0 Å². The summed E-state index contributed by atoms with van der Waals surface area (Å²) in [6.07, 6.45) is 2.10. The third-order valence-corrected chi connectivity index (χ3v) is 6.04. The molecule has 7 heteroatoms. The van der Waals surface area contributed by atoms with Crippen LogP contribution in [0.5, 0.6) is 5.75 Å². The van der Waals surface area contributed by atoms with Crippen LogP contribution in [0.25, 0.3) is 0 Å². The number of methoxy groups -OCH3 is 1. The standard InChI is InChI=1S/C23H29FN4O2/c1-30-22-7-3-2-6-21(22)27-15-13-26(14-16-27)20-5-4-12-28(17-20)23(29)25-19-10-8-18(24)9-11-19/h2-3,6-11,20H,4-5,12-17H2,1H3,(H,25,29)/t20-/m0/s1. The molecule has 2 amide bonds. The SMILES string of the molecule is COc1ccccc1N1CCN([C@H]2CCCN(C(=O)Nc3ccc(F)cc3)C2)CC1. The molecule has 6 nitrogen and oxygen atoms in total. The summed E-state index contributed by atoms with van der Waals surface area (Å²) >= 11 is 0. The van der Waals surface area contributed by atoms with Gasteiger partial charge in [-0.1, -0.05) is 12.1 Å². The Hall–Kier alpha value is -2.80. The Balaban J connectivity index is 1.32. The number of ether oxygens (including phenoxy) is 1. The molecule has 2 aromatic rings. The van der Waals surface area contributed by atoms with Crippen LogP contribution in [0.15, 0.2) is 48.5 Å². The summed E-state index contributed by atoms with van der Waals surface area (Å²) in [6.45, 7) is 5.30. The van der Waals surface area contributed by atoms with E-state index in [0.29, 0.717) is 11.7 Å². The van der Waals surface area contributed by atoms with Gasteiger partial charge in [0.2, 0.25) is 0 Å². The van der Waals surface area contributed by atoms with Crippen molar-refractivity contribution in [2.45, 2.75) is 18.9 Å². The maximum absolute atomic E-state index is 13.1. The van der Waals surface area contributed by atoms with E-state index in [9.17, 15) is 9.18 Å². The molecular formula is C23H29FN4O2. The van der Waals surface area contributed by atoms with Crippen molar-refractivity contribution in [2.24, 2.45) is 0 Å². The number of nitrogens with one attached hydrogen (secondary N) is 1. The highest BCUT2D eigenvalue weighted by Crippen LogP contribution is 2.29. The van der Waals surface area contributed by atoms with Crippen LogP contribution in [0, 0.1) is 5.82 Å². The second-order valence-electron chi connectivity index (χ2n) is 7.87. The molecule has 0 saturated carbocycles. The van der Waals surface area contributed by atoms with Gasteiger partial charge in [0.25, 0.3) is 0 Å². The molecule has 0 bridgehead atoms. The lowest BCUT2D eigenvalue weighted by molar-refractivity contribution is 0.108. The zero-order valence-corrected chi connectivity index (χ0v) is 17.4. The zero-order valence-electron chi connectivity index (χ0n) is 17.4. The van der Waals surface area contributed by atoms with Crippen molar-refractivity contribution in [3.63, 3.8) is 0 Å². The molecule has 0 spiro atoms. The molecule has 2 aliphatic heterocycles. The molecule has 0 aliphatic carbocycles. The predicted molar refractivity (Wildman–Crippen MR) is 117 cm³/mol. The molecule has 2 saturated heterocycles. The van der Waals surface area contributed by atoms with E-state index in [1.807, 2.05) is 23.1 Å². The van der Waals surface area contributed by atoms with E-state index in [2.05, 4.69) is 21.2 Å². The second-order valence-corrected chi connectivity index (χ2v) is 7.87. The lowest BCUT2D eigenvalue weighted by atomic mass is 10.0. The number of anilines is 2. The van der Waals surface area contributed by atoms with E-state index in [1.165, 1.54) is 12.1 Å². The van der Waals surface area contributed by atoms with Gasteiger partial charge in [0.05, 0.1) is 12.8 Å². The van der Waals surface area contributed by atoms with Gasteiger partial charge in [0, 0.05) is 51.0 Å². The largest absolute Gasteiger partial charge is 0.495 e. The van der Waals surface area contributed by atoms with E-state index in [1.54, 1.807) is 19.2 Å². The number of halogens is 1. The molecule has 0 aromatic heterocycles. The van der Waals surface area contributed by atoms with E-state index in [-0.39, 0.29) is 11.8 Å². The Morgan fingerprint density at radius 1 is 1.03 bits per heavy atom. The Morgan fingerprint density at radius 2 is 1.77 bits per heavy atom. The molecular weight excluding hydrogens is 383 g/mol. The zero-order chi connectivity index (χ0) is 20.9. The van der Waals surface area contributed by atoms with Crippen molar-refractivity contribution in [3.05, 3.63) is 54.3 Å². The Labute approximate surface area is 177 Å². The first kappa shape index (κ1) is 20.5. The van der Waals surface area contributed by atoms with Crippen molar-refractivity contribution < 1.29 is 13.9 Å². The van der Waals surface area contributed by atoms with Crippen molar-refractivity contribution in [1.29, 1.82) is 0 Å². The monoisotopic (exact) mass is 412 g/mol. The number of urea groups is 1. The highest BCUT2D eigenvalue weighted by Gasteiger charge is 2.30. The van der Waals surface area contributed by atoms with Gasteiger partial charge in [0.1, 0.15) is 11.6 Å². The van der Waals surface area contributed by atoms with Gasteiger partial charge in [-0.2, -0.15) is 0 Å². The van der Waals surface area contributed by atoms with E-state index >= 15 is 0 Å². The summed E-state index contributed by atoms with van der Waals surface area (Å²) in [5, 5.41) is 2.88. The molecule has 0 radical (unpaired) electrons. The van der Waals surface area contributed by atoms with Crippen LogP contribution in [0.1, 0.15) is 12.8 Å². The number of carbonyl (C=O) groups excluding carboxylic acids is 1. The third kappa shape index (κ3) is 4.67. The van der Waals surface area contributed by atoms with Crippen LogP contribution in [-0.4, -0.2) is 68.3 Å². The van der Waals surface area contributed by atoms with Crippen molar-refractivity contribution in [3.8, 4) is 5.75 Å². The minimum Gasteiger partial charge on any atom is -0.495 e. The number of likely N-dealkylation sites (tertiary alicyclic amines) is 1. The number of piperazine rings is 1. The summed E-state index contributed by atoms with van der Waals surface area (Å²) in [5.41, 5.74) is 1.76. The molecule has 2 aromatic carbocycles. The minimum atomic E-state index is -0.307. The molecule has 2 heterocycles. The van der Waals surface area contributed by atoms with Crippen molar-refractivity contribution >= 4 is 17.4 Å². The third-order valence-electron chi connectivity index (χ3n) is 6.04. The number of hydrogen-bond acceptors (Lipinski definition) is 4. The second kappa shape index (κ2) is 9.34.